The van der Waals surface area contributed by atoms with Crippen LogP contribution < -0.4 is 11.1 Å². The number of nitrogens with zero attached hydrogens (tertiary/aromatic N) is 3. The van der Waals surface area contributed by atoms with Crippen LogP contribution in [0.1, 0.15) is 5.69 Å². The van der Waals surface area contributed by atoms with Crippen molar-refractivity contribution < 1.29 is 23.9 Å². The third kappa shape index (κ3) is 3.62. The predicted octanol–water partition coefficient (Wildman–Crippen LogP) is -1.17. The molecule has 120 valence electrons. The van der Waals surface area contributed by atoms with E-state index in [0.717, 1.165) is 11.3 Å². The number of aromatic nitrogens is 1. The molecule has 0 aliphatic carbocycles. The third-order valence-electron chi connectivity index (χ3n) is 2.81. The quantitative estimate of drug-likeness (QED) is 0.254. The van der Waals surface area contributed by atoms with E-state index in [1.807, 2.05) is 0 Å². The lowest BCUT2D eigenvalue weighted by atomic mass is 10.1. The molecule has 2 amide bonds. The highest BCUT2D eigenvalue weighted by Crippen LogP contribution is 2.21. The molecule has 0 radical (unpaired) electrons. The van der Waals surface area contributed by atoms with Gasteiger partial charge in [0.15, 0.2) is 10.8 Å². The first-order chi connectivity index (χ1) is 10.4. The second kappa shape index (κ2) is 6.86. The smallest absolute Gasteiger partial charge is 0.276 e. The minimum atomic E-state index is -2.77. The fourth-order valence-corrected chi connectivity index (χ4v) is 2.99. The number of likely N-dealkylation sites (tertiary alicyclic amines) is 1. The first kappa shape index (κ1) is 16.4. The van der Waals surface area contributed by atoms with E-state index >= 15 is 0 Å². The van der Waals surface area contributed by atoms with Crippen LogP contribution in [0.4, 0.5) is 5.13 Å². The number of hydrogen-bond donors (Lipinski definition) is 3. The number of nitrogens with one attached hydrogen (secondary N) is 1. The molecule has 2 heterocycles. The van der Waals surface area contributed by atoms with Gasteiger partial charge in [-0.05, 0) is 0 Å². The zero-order chi connectivity index (χ0) is 16.3. The second-order valence-corrected chi connectivity index (χ2v) is 6.33. The lowest BCUT2D eigenvalue weighted by Crippen LogP contribution is -2.64. The molecule has 1 saturated heterocycles. The van der Waals surface area contributed by atoms with Crippen molar-refractivity contribution in [3.63, 3.8) is 0 Å². The highest BCUT2D eigenvalue weighted by atomic mass is 32.1. The molecule has 0 aromatic carbocycles. The first-order valence-corrected chi connectivity index (χ1v) is 8.50. The van der Waals surface area contributed by atoms with Crippen LogP contribution >= 0.6 is 19.4 Å². The molecule has 2 atom stereocenters. The predicted molar refractivity (Wildman–Crippen MR) is 79.8 cm³/mol. The Labute approximate surface area is 129 Å². The Balaban J connectivity index is 2.00. The van der Waals surface area contributed by atoms with Gasteiger partial charge in [-0.3, -0.25) is 14.2 Å². The maximum absolute atomic E-state index is 12.1. The molecular weight excluding hydrogens is 333 g/mol. The van der Waals surface area contributed by atoms with Gasteiger partial charge in [0.05, 0.1) is 12.8 Å². The summed E-state index contributed by atoms with van der Waals surface area (Å²) in [5, 5.41) is 7.88. The van der Waals surface area contributed by atoms with E-state index in [1.165, 1.54) is 12.0 Å². The number of hydrogen-bond acceptors (Lipinski definition) is 8. The van der Waals surface area contributed by atoms with Crippen LogP contribution in [0.3, 0.4) is 0 Å². The summed E-state index contributed by atoms with van der Waals surface area (Å²) in [5.74, 6) is -1.06. The molecular formula is C10H14N5O5PS. The molecule has 4 N–H and O–H groups in total. The van der Waals surface area contributed by atoms with Gasteiger partial charge in [-0.15, -0.1) is 11.3 Å². The molecule has 10 nitrogen and oxygen atoms in total. The van der Waals surface area contributed by atoms with Gasteiger partial charge < -0.3 is 25.7 Å². The van der Waals surface area contributed by atoms with Gasteiger partial charge in [-0.1, -0.05) is 5.16 Å². The second-order valence-electron chi connectivity index (χ2n) is 4.33. The Kier molecular flexibility index (Phi) is 5.11. The summed E-state index contributed by atoms with van der Waals surface area (Å²) in [7, 11) is -1.49. The Morgan fingerprint density at radius 3 is 3.00 bits per heavy atom. The van der Waals surface area contributed by atoms with Gasteiger partial charge in [-0.2, -0.15) is 0 Å². The van der Waals surface area contributed by atoms with Gasteiger partial charge >= 0.3 is 0 Å². The molecule has 1 aromatic heterocycles. The zero-order valence-electron chi connectivity index (χ0n) is 11.5. The van der Waals surface area contributed by atoms with Gasteiger partial charge in [0.25, 0.3) is 5.91 Å². The van der Waals surface area contributed by atoms with Crippen LogP contribution in [-0.4, -0.2) is 58.3 Å². The maximum atomic E-state index is 12.1. The van der Waals surface area contributed by atoms with E-state index in [4.69, 9.17) is 10.6 Å². The van der Waals surface area contributed by atoms with E-state index in [2.05, 4.69) is 20.3 Å². The van der Waals surface area contributed by atoms with Crippen molar-refractivity contribution in [2.45, 2.75) is 6.04 Å². The molecule has 1 unspecified atom stereocenters. The summed E-state index contributed by atoms with van der Waals surface area (Å²) in [6.45, 7) is 0.168. The van der Waals surface area contributed by atoms with Crippen molar-refractivity contribution in [3.8, 4) is 0 Å². The lowest BCUT2D eigenvalue weighted by Gasteiger charge is -2.37. The van der Waals surface area contributed by atoms with Crippen LogP contribution in [0.5, 0.6) is 0 Å². The van der Waals surface area contributed by atoms with E-state index in [-0.39, 0.29) is 29.4 Å². The van der Waals surface area contributed by atoms with Crippen LogP contribution in [0.25, 0.3) is 0 Å². The average molecular weight is 347 g/mol. The number of β-lactam (4-membered cyclic amide) rings is 1. The molecule has 1 aliphatic heterocycles. The molecule has 1 fully saturated rings. The SMILES string of the molecule is CO/N=C(\C(=O)N[C@H]1CN(C[PH](=O)O)C1=O)c1csc(N)n1. The van der Waals surface area contributed by atoms with E-state index in [1.54, 1.807) is 5.38 Å². The summed E-state index contributed by atoms with van der Waals surface area (Å²) in [4.78, 5) is 42.4. The molecule has 0 spiro atoms. The number of carbonyl (C=O) groups is 2. The van der Waals surface area contributed by atoms with Crippen molar-refractivity contribution in [2.75, 3.05) is 25.7 Å². The Morgan fingerprint density at radius 1 is 1.77 bits per heavy atom. The van der Waals surface area contributed by atoms with Gasteiger partial charge in [0.1, 0.15) is 18.8 Å². The fraction of sp³-hybridized carbons (Fsp3) is 0.400. The van der Waals surface area contributed by atoms with Gasteiger partial charge in [-0.25, -0.2) is 4.98 Å². The van der Waals surface area contributed by atoms with Crippen LogP contribution in [0.2, 0.25) is 0 Å². The van der Waals surface area contributed by atoms with E-state index < -0.39 is 25.9 Å². The minimum absolute atomic E-state index is 0.0996. The molecule has 0 saturated carbocycles. The number of nitrogen functional groups attached to an aromatic ring is 1. The van der Waals surface area contributed by atoms with Crippen LogP contribution in [-0.2, 0) is 19.0 Å². The number of thiazole rings is 1. The number of amides is 2. The fourth-order valence-electron chi connectivity index (χ4n) is 1.83. The topological polar surface area (TPSA) is 147 Å². The average Bonchev–Trinajstić information content (AvgIpc) is 2.88. The van der Waals surface area contributed by atoms with Crippen LogP contribution in [0.15, 0.2) is 10.5 Å². The Hall–Kier alpha value is -1.97. The normalized spacial score (nSPS) is 19.5. The molecule has 2 rings (SSSR count). The lowest BCUT2D eigenvalue weighted by molar-refractivity contribution is -0.144. The molecule has 22 heavy (non-hydrogen) atoms. The highest BCUT2D eigenvalue weighted by Gasteiger charge is 2.39. The number of carbonyl (C=O) groups excluding carboxylic acids is 2. The monoisotopic (exact) mass is 347 g/mol. The number of anilines is 1. The van der Waals surface area contributed by atoms with E-state index in [0.29, 0.717) is 0 Å². The largest absolute Gasteiger partial charge is 0.398 e. The van der Waals surface area contributed by atoms with Crippen molar-refractivity contribution >= 4 is 42.0 Å². The highest BCUT2D eigenvalue weighted by molar-refractivity contribution is 7.37. The van der Waals surface area contributed by atoms with Crippen LogP contribution in [0, 0.1) is 0 Å². The molecule has 12 heteroatoms. The minimum Gasteiger partial charge on any atom is -0.398 e. The summed E-state index contributed by atoms with van der Waals surface area (Å²) < 4.78 is 10.7. The zero-order valence-corrected chi connectivity index (χ0v) is 13.3. The Morgan fingerprint density at radius 2 is 2.50 bits per heavy atom. The summed E-state index contributed by atoms with van der Waals surface area (Å²) in [5.41, 5.74) is 5.65. The van der Waals surface area contributed by atoms with E-state index in [9.17, 15) is 14.2 Å². The molecule has 0 bridgehead atoms. The Bertz CT molecular complexity index is 647. The van der Waals surface area contributed by atoms with Gasteiger partial charge in [0.2, 0.25) is 13.9 Å². The standard InChI is InChI=1S/C10H14N5O5PS/c1-20-14-7(6-3-22-10(11)13-6)8(16)12-5-2-15(9(5)17)4-21(18)19/h3,5,21H,2,4H2,1H3,(H2,11,13)(H,12,16)(H,18,19)/b14-7-/t5-/m0/s1. The van der Waals surface area contributed by atoms with Crippen molar-refractivity contribution in [1.29, 1.82) is 0 Å². The van der Waals surface area contributed by atoms with Gasteiger partial charge in [0, 0.05) is 5.38 Å². The summed E-state index contributed by atoms with van der Waals surface area (Å²) in [6, 6.07) is -0.758. The maximum Gasteiger partial charge on any atom is 0.276 e. The van der Waals surface area contributed by atoms with Crippen molar-refractivity contribution in [3.05, 3.63) is 11.1 Å². The number of nitrogens with two attached hydrogens (primary N) is 1. The summed E-state index contributed by atoms with van der Waals surface area (Å²) in [6.07, 6.45) is -0.211. The molecule has 1 aliphatic rings. The van der Waals surface area contributed by atoms with Crippen molar-refractivity contribution in [2.24, 2.45) is 5.16 Å². The van der Waals surface area contributed by atoms with Crippen molar-refractivity contribution in [1.82, 2.24) is 15.2 Å². The first-order valence-electron chi connectivity index (χ1n) is 6.06. The third-order valence-corrected chi connectivity index (χ3v) is 4.13. The summed E-state index contributed by atoms with van der Waals surface area (Å²) >= 11 is 1.14. The number of oxime groups is 1. The molecule has 1 aromatic rings. The number of rotatable bonds is 6.